The van der Waals surface area contributed by atoms with Crippen molar-refractivity contribution in [2.24, 2.45) is 11.7 Å². The van der Waals surface area contributed by atoms with Gasteiger partial charge in [0.25, 0.3) is 0 Å². The zero-order valence-electron chi connectivity index (χ0n) is 12.3. The van der Waals surface area contributed by atoms with Crippen molar-refractivity contribution >= 4 is 17.9 Å². The highest BCUT2D eigenvalue weighted by atomic mass is 32.2. The van der Waals surface area contributed by atoms with Crippen LogP contribution in [0.1, 0.15) is 32.1 Å². The molecule has 1 aliphatic carbocycles. The lowest BCUT2D eigenvalue weighted by atomic mass is 9.91. The fourth-order valence-electron chi connectivity index (χ4n) is 2.52. The van der Waals surface area contributed by atoms with E-state index in [1.807, 2.05) is 30.0 Å². The molecule has 0 bridgehead atoms. The summed E-state index contributed by atoms with van der Waals surface area (Å²) in [7, 11) is 0. The molecule has 0 saturated heterocycles. The first kappa shape index (κ1) is 16.0. The molecule has 0 aliphatic heterocycles. The zero-order valence-corrected chi connectivity index (χ0v) is 13.1. The van der Waals surface area contributed by atoms with Gasteiger partial charge in [0, 0.05) is 10.6 Å². The Kier molecular flexibility index (Phi) is 6.73. The Labute approximate surface area is 130 Å². The van der Waals surface area contributed by atoms with Crippen LogP contribution in [0.4, 0.5) is 4.79 Å². The number of carbonyl (C=O) groups excluding carboxylic acids is 1. The van der Waals surface area contributed by atoms with Gasteiger partial charge in [0.2, 0.25) is 0 Å². The van der Waals surface area contributed by atoms with Crippen LogP contribution in [0, 0.1) is 5.92 Å². The Morgan fingerprint density at radius 2 is 2.05 bits per heavy atom. The Morgan fingerprint density at radius 1 is 1.24 bits per heavy atom. The minimum Gasteiger partial charge on any atom is -0.490 e. The van der Waals surface area contributed by atoms with Crippen molar-refractivity contribution in [3.05, 3.63) is 24.3 Å². The van der Waals surface area contributed by atoms with Crippen molar-refractivity contribution in [1.82, 2.24) is 0 Å². The molecular weight excluding hydrogens is 286 g/mol. The molecule has 1 aromatic rings. The molecule has 1 fully saturated rings. The smallest absolute Gasteiger partial charge is 0.404 e. The number of amides is 1. The number of nitrogens with two attached hydrogens (primary N) is 1. The first-order chi connectivity index (χ1) is 10.2. The lowest BCUT2D eigenvalue weighted by Crippen LogP contribution is -2.17. The van der Waals surface area contributed by atoms with Crippen LogP contribution in [0.15, 0.2) is 29.2 Å². The van der Waals surface area contributed by atoms with Crippen molar-refractivity contribution in [3.8, 4) is 5.75 Å². The largest absolute Gasteiger partial charge is 0.490 e. The van der Waals surface area contributed by atoms with Gasteiger partial charge in [0.1, 0.15) is 19.0 Å². The third-order valence-electron chi connectivity index (χ3n) is 3.61. The maximum absolute atomic E-state index is 10.4. The fraction of sp³-hybridized carbons (Fsp3) is 0.562. The summed E-state index contributed by atoms with van der Waals surface area (Å²) in [5.41, 5.74) is 4.89. The maximum atomic E-state index is 10.4. The molecule has 0 atom stereocenters. The molecule has 2 N–H and O–H groups in total. The van der Waals surface area contributed by atoms with E-state index in [-0.39, 0.29) is 6.61 Å². The number of thioether (sulfide) groups is 1. The predicted molar refractivity (Wildman–Crippen MR) is 84.8 cm³/mol. The van der Waals surface area contributed by atoms with Crippen molar-refractivity contribution in [2.45, 2.75) is 37.0 Å². The van der Waals surface area contributed by atoms with Gasteiger partial charge in [0.05, 0.1) is 0 Å². The SMILES string of the molecule is NC(=O)OCCOc1cccc(SCC2CCCCC2)c1. The molecule has 1 amide bonds. The van der Waals surface area contributed by atoms with Crippen LogP contribution in [-0.2, 0) is 4.74 Å². The van der Waals surface area contributed by atoms with Crippen LogP contribution in [0.5, 0.6) is 5.75 Å². The molecule has 1 aromatic carbocycles. The van der Waals surface area contributed by atoms with Crippen LogP contribution in [0.2, 0.25) is 0 Å². The van der Waals surface area contributed by atoms with E-state index >= 15 is 0 Å². The van der Waals surface area contributed by atoms with Gasteiger partial charge in [-0.25, -0.2) is 4.79 Å². The third kappa shape index (κ3) is 6.29. The van der Waals surface area contributed by atoms with Crippen LogP contribution in [0.3, 0.4) is 0 Å². The second kappa shape index (κ2) is 8.82. The average molecular weight is 309 g/mol. The van der Waals surface area contributed by atoms with Crippen LogP contribution in [-0.4, -0.2) is 25.1 Å². The molecule has 5 heteroatoms. The van der Waals surface area contributed by atoms with E-state index in [9.17, 15) is 4.79 Å². The fourth-order valence-corrected chi connectivity index (χ4v) is 3.66. The van der Waals surface area contributed by atoms with Gasteiger partial charge in [-0.05, 0) is 37.0 Å². The van der Waals surface area contributed by atoms with Gasteiger partial charge in [-0.3, -0.25) is 0 Å². The average Bonchev–Trinajstić information content (AvgIpc) is 2.51. The van der Waals surface area contributed by atoms with Crippen molar-refractivity contribution < 1.29 is 14.3 Å². The topological polar surface area (TPSA) is 61.6 Å². The summed E-state index contributed by atoms with van der Waals surface area (Å²) < 4.78 is 10.2. The Bertz CT molecular complexity index is 447. The summed E-state index contributed by atoms with van der Waals surface area (Å²) in [4.78, 5) is 11.7. The predicted octanol–water partition coefficient (Wildman–Crippen LogP) is 3.83. The van der Waals surface area contributed by atoms with Crippen molar-refractivity contribution in [2.75, 3.05) is 19.0 Å². The molecule has 0 radical (unpaired) electrons. The number of hydrogen-bond donors (Lipinski definition) is 1. The highest BCUT2D eigenvalue weighted by Crippen LogP contribution is 2.31. The van der Waals surface area contributed by atoms with Crippen molar-refractivity contribution in [1.29, 1.82) is 0 Å². The molecular formula is C16H23NO3S. The van der Waals surface area contributed by atoms with E-state index in [0.29, 0.717) is 6.61 Å². The number of rotatable bonds is 7. The lowest BCUT2D eigenvalue weighted by Gasteiger charge is -2.21. The van der Waals surface area contributed by atoms with Gasteiger partial charge in [-0.2, -0.15) is 0 Å². The molecule has 0 heterocycles. The van der Waals surface area contributed by atoms with Gasteiger partial charge in [-0.15, -0.1) is 11.8 Å². The Hall–Kier alpha value is -1.36. The van der Waals surface area contributed by atoms with E-state index in [4.69, 9.17) is 10.5 Å². The first-order valence-electron chi connectivity index (χ1n) is 7.52. The summed E-state index contributed by atoms with van der Waals surface area (Å²) in [6.07, 6.45) is 6.14. The number of carbonyl (C=O) groups is 1. The molecule has 4 nitrogen and oxygen atoms in total. The quantitative estimate of drug-likeness (QED) is 0.614. The summed E-state index contributed by atoms with van der Waals surface area (Å²) in [6, 6.07) is 8.06. The van der Waals surface area contributed by atoms with E-state index in [1.165, 1.54) is 42.8 Å². The van der Waals surface area contributed by atoms with Crippen LogP contribution >= 0.6 is 11.8 Å². The first-order valence-corrected chi connectivity index (χ1v) is 8.50. The minimum absolute atomic E-state index is 0.175. The molecule has 21 heavy (non-hydrogen) atoms. The molecule has 116 valence electrons. The van der Waals surface area contributed by atoms with E-state index < -0.39 is 6.09 Å². The second-order valence-electron chi connectivity index (χ2n) is 5.31. The van der Waals surface area contributed by atoms with E-state index in [1.54, 1.807) is 0 Å². The third-order valence-corrected chi connectivity index (χ3v) is 4.84. The summed E-state index contributed by atoms with van der Waals surface area (Å²) in [6.45, 7) is 0.495. The number of benzene rings is 1. The number of hydrogen-bond acceptors (Lipinski definition) is 4. The molecule has 0 unspecified atom stereocenters. The van der Waals surface area contributed by atoms with Gasteiger partial charge >= 0.3 is 6.09 Å². The monoisotopic (exact) mass is 309 g/mol. The molecule has 2 rings (SSSR count). The summed E-state index contributed by atoms with van der Waals surface area (Å²) >= 11 is 1.90. The van der Waals surface area contributed by atoms with Gasteiger partial charge in [-0.1, -0.05) is 25.3 Å². The van der Waals surface area contributed by atoms with Crippen LogP contribution in [0.25, 0.3) is 0 Å². The number of primary amides is 1. The highest BCUT2D eigenvalue weighted by molar-refractivity contribution is 7.99. The second-order valence-corrected chi connectivity index (χ2v) is 6.40. The summed E-state index contributed by atoms with van der Waals surface area (Å²) in [5.74, 6) is 2.85. The van der Waals surface area contributed by atoms with Gasteiger partial charge in [0.15, 0.2) is 0 Å². The van der Waals surface area contributed by atoms with Crippen LogP contribution < -0.4 is 10.5 Å². The minimum atomic E-state index is -0.768. The standard InChI is InChI=1S/C16H23NO3S/c17-16(18)20-10-9-19-14-7-4-8-15(11-14)21-12-13-5-2-1-3-6-13/h4,7-8,11,13H,1-3,5-6,9-10,12H2,(H2,17,18). The van der Waals surface area contributed by atoms with Gasteiger partial charge < -0.3 is 15.2 Å². The highest BCUT2D eigenvalue weighted by Gasteiger charge is 2.13. The summed E-state index contributed by atoms with van der Waals surface area (Å²) in [5, 5.41) is 0. The lowest BCUT2D eigenvalue weighted by molar-refractivity contribution is 0.133. The van der Waals surface area contributed by atoms with Crippen molar-refractivity contribution in [3.63, 3.8) is 0 Å². The Morgan fingerprint density at radius 3 is 2.81 bits per heavy atom. The number of ether oxygens (including phenoxy) is 2. The molecule has 0 spiro atoms. The zero-order chi connectivity index (χ0) is 14.9. The Balaban J connectivity index is 1.73. The maximum Gasteiger partial charge on any atom is 0.404 e. The molecule has 1 aliphatic rings. The molecule has 1 saturated carbocycles. The van der Waals surface area contributed by atoms with E-state index in [2.05, 4.69) is 10.8 Å². The van der Waals surface area contributed by atoms with E-state index in [0.717, 1.165) is 11.7 Å². The normalized spacial score (nSPS) is 15.6. The molecule has 0 aromatic heterocycles.